The zero-order valence-electron chi connectivity index (χ0n) is 28.2. The van der Waals surface area contributed by atoms with Gasteiger partial charge in [0, 0.05) is 55.7 Å². The predicted octanol–water partition coefficient (Wildman–Crippen LogP) is 10.6. The van der Waals surface area contributed by atoms with Crippen LogP contribution < -0.4 is 26.2 Å². The summed E-state index contributed by atoms with van der Waals surface area (Å²) in [5, 5.41) is 5.21. The Morgan fingerprint density at radius 3 is 1.65 bits per heavy atom. The van der Waals surface area contributed by atoms with E-state index in [1.807, 2.05) is 0 Å². The van der Waals surface area contributed by atoms with Crippen LogP contribution in [0.2, 0.25) is 0 Å². The molecule has 240 valence electrons. The lowest BCUT2D eigenvalue weighted by atomic mass is 9.33. The van der Waals surface area contributed by atoms with Gasteiger partial charge in [-0.1, -0.05) is 127 Å². The smallest absolute Gasteiger partial charge is 0.252 e. The van der Waals surface area contributed by atoms with Gasteiger partial charge in [-0.15, -0.1) is 0 Å². The van der Waals surface area contributed by atoms with Gasteiger partial charge < -0.3 is 14.2 Å². The Morgan fingerprint density at radius 2 is 0.923 bits per heavy atom. The molecule has 4 heteroatoms. The van der Waals surface area contributed by atoms with Crippen molar-refractivity contribution < 1.29 is 0 Å². The molecule has 2 aromatic heterocycles. The van der Waals surface area contributed by atoms with E-state index in [4.69, 9.17) is 0 Å². The molecule has 0 saturated heterocycles. The minimum absolute atomic E-state index is 0.0437. The summed E-state index contributed by atoms with van der Waals surface area (Å²) in [6.07, 6.45) is 0. The maximum absolute atomic E-state index is 2.53. The molecular weight excluding hydrogens is 629 g/mol. The molecule has 0 saturated carbocycles. The zero-order valence-corrected chi connectivity index (χ0v) is 28.2. The number of benzene rings is 8. The third kappa shape index (κ3) is 3.65. The van der Waals surface area contributed by atoms with E-state index in [1.54, 1.807) is 0 Å². The fourth-order valence-corrected chi connectivity index (χ4v) is 9.38. The van der Waals surface area contributed by atoms with Gasteiger partial charge in [0.05, 0.1) is 16.6 Å². The van der Waals surface area contributed by atoms with Gasteiger partial charge in [0.25, 0.3) is 6.71 Å². The summed E-state index contributed by atoms with van der Waals surface area (Å²) in [5.74, 6) is 0. The van der Waals surface area contributed by atoms with Crippen molar-refractivity contribution in [2.45, 2.75) is 0 Å². The summed E-state index contributed by atoms with van der Waals surface area (Å²) < 4.78 is 2.51. The first-order valence-electron chi connectivity index (χ1n) is 18.1. The Bertz CT molecular complexity index is 3020. The summed E-state index contributed by atoms with van der Waals surface area (Å²) in [5.41, 5.74) is 17.4. The first-order chi connectivity index (χ1) is 25.8. The average molecular weight is 660 g/mol. The molecule has 0 spiro atoms. The Labute approximate surface area is 301 Å². The van der Waals surface area contributed by atoms with Crippen LogP contribution in [-0.4, -0.2) is 11.1 Å². The molecule has 0 aliphatic carbocycles. The number of hydrogen-bond acceptors (Lipinski definition) is 2. The number of hydrogen-bond donors (Lipinski definition) is 0. The van der Waals surface area contributed by atoms with E-state index in [0.29, 0.717) is 0 Å². The molecule has 52 heavy (non-hydrogen) atoms. The zero-order chi connectivity index (χ0) is 33.9. The largest absolute Gasteiger partial charge is 0.311 e. The van der Waals surface area contributed by atoms with Crippen molar-refractivity contribution in [3.05, 3.63) is 182 Å². The van der Waals surface area contributed by atoms with Gasteiger partial charge >= 0.3 is 0 Å². The molecule has 0 N–H and O–H groups in total. The fourth-order valence-electron chi connectivity index (χ4n) is 9.38. The standard InChI is InChI=1S/C48H30BN3/c1-4-15-31(16-5-1)32-27-45-47-46(28-32)51(34-19-8-3-9-20-34)44-30-43-38(37-23-14-22-36-35-21-10-12-25-41(35)52(43)48(36)37)29-40(44)49(47)39-24-11-13-26-42(39)50(45)33-17-6-2-7-18-33/h1-30H. The van der Waals surface area contributed by atoms with Crippen molar-refractivity contribution >= 4 is 95.3 Å². The second-order valence-corrected chi connectivity index (χ2v) is 14.1. The molecule has 12 rings (SSSR count). The second-order valence-electron chi connectivity index (χ2n) is 14.1. The highest BCUT2D eigenvalue weighted by Crippen LogP contribution is 2.48. The van der Waals surface area contributed by atoms with Gasteiger partial charge in [-0.3, -0.25) is 0 Å². The number of aromatic nitrogens is 1. The van der Waals surface area contributed by atoms with Gasteiger partial charge in [-0.25, -0.2) is 0 Å². The van der Waals surface area contributed by atoms with E-state index in [-0.39, 0.29) is 6.71 Å². The quantitative estimate of drug-likeness (QED) is 0.175. The van der Waals surface area contributed by atoms with Gasteiger partial charge in [-0.2, -0.15) is 0 Å². The number of anilines is 6. The molecule has 0 fully saturated rings. The van der Waals surface area contributed by atoms with Crippen molar-refractivity contribution in [3.63, 3.8) is 0 Å². The predicted molar refractivity (Wildman–Crippen MR) is 221 cm³/mol. The van der Waals surface area contributed by atoms with Crippen LogP contribution >= 0.6 is 0 Å². The maximum atomic E-state index is 2.53. The first-order valence-corrected chi connectivity index (χ1v) is 18.1. The maximum Gasteiger partial charge on any atom is 0.252 e. The summed E-state index contributed by atoms with van der Waals surface area (Å²) in [6, 6.07) is 67.2. The van der Waals surface area contributed by atoms with Crippen LogP contribution in [0.3, 0.4) is 0 Å². The normalized spacial score (nSPS) is 13.3. The number of fused-ring (bicyclic) bond motifs is 10. The number of nitrogens with zero attached hydrogens (tertiary/aromatic N) is 3. The molecule has 3 nitrogen and oxygen atoms in total. The SMILES string of the molecule is c1ccc(-c2cc3c4c(c2)N(c2ccccc2)c2cc5c(cc2B4c2ccccc2N3c2ccccc2)c2cccc3c4ccccc4n5c32)cc1. The molecule has 4 heterocycles. The average Bonchev–Trinajstić information content (AvgIpc) is 3.73. The molecular formula is C48H30BN3. The second kappa shape index (κ2) is 10.4. The third-order valence-electron chi connectivity index (χ3n) is 11.5. The van der Waals surface area contributed by atoms with E-state index in [2.05, 4.69) is 196 Å². The minimum atomic E-state index is 0.0437. The van der Waals surface area contributed by atoms with Crippen molar-refractivity contribution in [3.8, 4) is 11.1 Å². The summed E-state index contributed by atoms with van der Waals surface area (Å²) in [4.78, 5) is 5.01. The Morgan fingerprint density at radius 1 is 0.346 bits per heavy atom. The molecule has 0 radical (unpaired) electrons. The molecule has 0 unspecified atom stereocenters. The third-order valence-corrected chi connectivity index (χ3v) is 11.5. The van der Waals surface area contributed by atoms with Crippen LogP contribution in [0.1, 0.15) is 0 Å². The van der Waals surface area contributed by atoms with Crippen molar-refractivity contribution in [1.29, 1.82) is 0 Å². The molecule has 8 aromatic carbocycles. The molecule has 0 atom stereocenters. The summed E-state index contributed by atoms with van der Waals surface area (Å²) >= 11 is 0. The van der Waals surface area contributed by atoms with Crippen molar-refractivity contribution in [1.82, 2.24) is 4.40 Å². The van der Waals surface area contributed by atoms with E-state index in [0.717, 1.165) is 11.4 Å². The van der Waals surface area contributed by atoms with Crippen LogP contribution in [0.4, 0.5) is 34.1 Å². The Hall–Kier alpha value is -6.78. The molecule has 2 aliphatic heterocycles. The van der Waals surface area contributed by atoms with Crippen LogP contribution in [0.5, 0.6) is 0 Å². The molecule has 2 aliphatic rings. The Kier molecular flexibility index (Phi) is 5.58. The highest BCUT2D eigenvalue weighted by Gasteiger charge is 2.44. The van der Waals surface area contributed by atoms with Gasteiger partial charge in [0.2, 0.25) is 0 Å². The molecule has 0 amide bonds. The lowest BCUT2D eigenvalue weighted by Gasteiger charge is -2.44. The van der Waals surface area contributed by atoms with Gasteiger partial charge in [-0.05, 0) is 82.1 Å². The Balaban J connectivity index is 1.26. The van der Waals surface area contributed by atoms with E-state index in [1.165, 1.54) is 88.4 Å². The van der Waals surface area contributed by atoms with Gasteiger partial charge in [0.1, 0.15) is 0 Å². The number of para-hydroxylation sites is 5. The molecule has 0 bridgehead atoms. The van der Waals surface area contributed by atoms with E-state index >= 15 is 0 Å². The number of rotatable bonds is 3. The van der Waals surface area contributed by atoms with Crippen LogP contribution in [0.15, 0.2) is 182 Å². The lowest BCUT2D eigenvalue weighted by Crippen LogP contribution is -2.61. The lowest BCUT2D eigenvalue weighted by molar-refractivity contribution is 1.25. The highest BCUT2D eigenvalue weighted by atomic mass is 15.2. The van der Waals surface area contributed by atoms with Gasteiger partial charge in [0.15, 0.2) is 0 Å². The van der Waals surface area contributed by atoms with E-state index in [9.17, 15) is 0 Å². The fraction of sp³-hybridized carbons (Fsp3) is 0. The summed E-state index contributed by atoms with van der Waals surface area (Å²) in [6.45, 7) is 0.0437. The molecule has 10 aromatic rings. The van der Waals surface area contributed by atoms with Crippen molar-refractivity contribution in [2.24, 2.45) is 0 Å². The van der Waals surface area contributed by atoms with Crippen LogP contribution in [0.25, 0.3) is 49.2 Å². The van der Waals surface area contributed by atoms with Crippen LogP contribution in [-0.2, 0) is 0 Å². The summed E-state index contributed by atoms with van der Waals surface area (Å²) in [7, 11) is 0. The van der Waals surface area contributed by atoms with Crippen LogP contribution in [0, 0.1) is 0 Å². The van der Waals surface area contributed by atoms with E-state index < -0.39 is 0 Å². The monoisotopic (exact) mass is 659 g/mol. The first kappa shape index (κ1) is 28.0. The minimum Gasteiger partial charge on any atom is -0.311 e. The van der Waals surface area contributed by atoms with Crippen molar-refractivity contribution in [2.75, 3.05) is 9.80 Å². The highest BCUT2D eigenvalue weighted by molar-refractivity contribution is 7.00. The topological polar surface area (TPSA) is 10.9 Å².